The van der Waals surface area contributed by atoms with Crippen molar-refractivity contribution in [3.8, 4) is 0 Å². The van der Waals surface area contributed by atoms with Gasteiger partial charge < -0.3 is 20.3 Å². The summed E-state index contributed by atoms with van der Waals surface area (Å²) >= 11 is 0. The van der Waals surface area contributed by atoms with Crippen molar-refractivity contribution in [2.45, 2.75) is 63.5 Å². The smallest absolute Gasteiger partial charge is 0.227 e. The summed E-state index contributed by atoms with van der Waals surface area (Å²) in [7, 11) is 0. The van der Waals surface area contributed by atoms with Crippen LogP contribution in [0.5, 0.6) is 0 Å². The number of nitrogens with two attached hydrogens (primary N) is 1. The second kappa shape index (κ2) is 9.74. The van der Waals surface area contributed by atoms with Gasteiger partial charge in [-0.3, -0.25) is 9.59 Å². The molecule has 0 aromatic rings. The lowest BCUT2D eigenvalue weighted by atomic mass is 10.0. The van der Waals surface area contributed by atoms with Gasteiger partial charge in [-0.25, -0.2) is 0 Å². The largest absolute Gasteiger partial charge is 0.378 e. The Morgan fingerprint density at radius 2 is 1.84 bits per heavy atom. The number of hydrogen-bond acceptors (Lipinski definition) is 4. The molecule has 7 heteroatoms. The van der Waals surface area contributed by atoms with Gasteiger partial charge >= 0.3 is 0 Å². The summed E-state index contributed by atoms with van der Waals surface area (Å²) in [4.78, 5) is 29.0. The van der Waals surface area contributed by atoms with E-state index in [9.17, 15) is 9.59 Å². The van der Waals surface area contributed by atoms with Crippen LogP contribution in [0, 0.1) is 5.92 Å². The summed E-state index contributed by atoms with van der Waals surface area (Å²) in [6.07, 6.45) is 7.97. The molecular weight excluding hydrogens is 342 g/mol. The fourth-order valence-corrected chi connectivity index (χ4v) is 4.30. The lowest BCUT2D eigenvalue weighted by Crippen LogP contribution is -2.44. The molecule has 144 valence electrons. The Bertz CT molecular complexity index is 449. The van der Waals surface area contributed by atoms with Gasteiger partial charge in [0.2, 0.25) is 11.8 Å². The van der Waals surface area contributed by atoms with Crippen LogP contribution in [0.3, 0.4) is 0 Å². The highest BCUT2D eigenvalue weighted by Crippen LogP contribution is 2.30. The molecule has 1 saturated carbocycles. The van der Waals surface area contributed by atoms with E-state index in [0.29, 0.717) is 32.2 Å². The first-order valence-electron chi connectivity index (χ1n) is 9.59. The zero-order valence-electron chi connectivity index (χ0n) is 15.0. The fraction of sp³-hybridized carbons (Fsp3) is 0.889. The third-order valence-electron chi connectivity index (χ3n) is 5.73. The quantitative estimate of drug-likeness (QED) is 0.717. The molecule has 3 aliphatic rings. The molecule has 6 nitrogen and oxygen atoms in total. The number of hydrogen-bond donors (Lipinski definition) is 1. The van der Waals surface area contributed by atoms with E-state index in [0.717, 1.165) is 45.2 Å². The Balaban J connectivity index is 0.00000225. The molecule has 0 aromatic heterocycles. The highest BCUT2D eigenvalue weighted by atomic mass is 35.5. The number of carbonyl (C=O) groups is 2. The Morgan fingerprint density at radius 1 is 1.16 bits per heavy atom. The molecule has 3 fully saturated rings. The normalized spacial score (nSPS) is 25.5. The van der Waals surface area contributed by atoms with E-state index in [1.54, 1.807) is 0 Å². The van der Waals surface area contributed by atoms with Crippen LogP contribution < -0.4 is 5.73 Å². The van der Waals surface area contributed by atoms with E-state index in [-0.39, 0.29) is 36.2 Å². The van der Waals surface area contributed by atoms with E-state index in [4.69, 9.17) is 10.5 Å². The van der Waals surface area contributed by atoms with Crippen LogP contribution in [0.15, 0.2) is 0 Å². The average molecular weight is 374 g/mol. The van der Waals surface area contributed by atoms with Crippen LogP contribution in [-0.2, 0) is 14.3 Å². The van der Waals surface area contributed by atoms with Gasteiger partial charge in [0.15, 0.2) is 0 Å². The predicted octanol–water partition coefficient (Wildman–Crippen LogP) is 1.56. The number of piperidine rings is 1. The van der Waals surface area contributed by atoms with E-state index < -0.39 is 0 Å². The minimum Gasteiger partial charge on any atom is -0.378 e. The van der Waals surface area contributed by atoms with Crippen molar-refractivity contribution >= 4 is 24.2 Å². The minimum atomic E-state index is -0.132. The van der Waals surface area contributed by atoms with Crippen molar-refractivity contribution in [3.05, 3.63) is 0 Å². The number of nitrogens with zero attached hydrogens (tertiary/aromatic N) is 2. The van der Waals surface area contributed by atoms with Gasteiger partial charge in [0.25, 0.3) is 0 Å². The Labute approximate surface area is 156 Å². The minimum absolute atomic E-state index is 0. The molecule has 1 unspecified atom stereocenters. The molecule has 2 saturated heterocycles. The highest BCUT2D eigenvalue weighted by Gasteiger charge is 2.40. The first-order chi connectivity index (χ1) is 11.7. The van der Waals surface area contributed by atoms with Gasteiger partial charge in [-0.15, -0.1) is 12.4 Å². The predicted molar refractivity (Wildman–Crippen MR) is 98.5 cm³/mol. The molecule has 1 atom stereocenters. The Morgan fingerprint density at radius 3 is 2.48 bits per heavy atom. The molecule has 0 aromatic carbocycles. The second-order valence-corrected chi connectivity index (χ2v) is 7.42. The second-order valence-electron chi connectivity index (χ2n) is 7.42. The lowest BCUT2D eigenvalue weighted by molar-refractivity contribution is -0.138. The third-order valence-corrected chi connectivity index (χ3v) is 5.73. The number of amides is 2. The van der Waals surface area contributed by atoms with Crippen LogP contribution in [0.2, 0.25) is 0 Å². The third kappa shape index (κ3) is 5.08. The summed E-state index contributed by atoms with van der Waals surface area (Å²) < 4.78 is 5.80. The molecule has 3 rings (SSSR count). The zero-order valence-corrected chi connectivity index (χ0v) is 15.8. The standard InChI is InChI=1S/C18H31N3O3.ClH/c19-8-3-11-24-16-6-9-20(10-7-16)18(23)14-12-17(22)21(13-14)15-4-1-2-5-15;/h14-16H,1-13,19H2;1H. The van der Waals surface area contributed by atoms with Crippen molar-refractivity contribution in [2.75, 3.05) is 32.8 Å². The molecule has 0 spiro atoms. The van der Waals surface area contributed by atoms with Crippen molar-refractivity contribution in [2.24, 2.45) is 11.7 Å². The molecule has 2 N–H and O–H groups in total. The van der Waals surface area contributed by atoms with Crippen LogP contribution >= 0.6 is 12.4 Å². The first-order valence-corrected chi connectivity index (χ1v) is 9.59. The summed E-state index contributed by atoms with van der Waals surface area (Å²) in [5.74, 6) is 0.220. The van der Waals surface area contributed by atoms with Gasteiger partial charge in [0.1, 0.15) is 0 Å². The number of halogens is 1. The van der Waals surface area contributed by atoms with Crippen LogP contribution in [0.4, 0.5) is 0 Å². The monoisotopic (exact) mass is 373 g/mol. The number of likely N-dealkylation sites (tertiary alicyclic amines) is 2. The Kier molecular flexibility index (Phi) is 7.97. The highest BCUT2D eigenvalue weighted by molar-refractivity contribution is 5.89. The van der Waals surface area contributed by atoms with E-state index in [1.807, 2.05) is 9.80 Å². The maximum absolute atomic E-state index is 12.8. The molecular formula is C18H32ClN3O3. The Hall–Kier alpha value is -0.850. The van der Waals surface area contributed by atoms with Crippen LogP contribution in [0.1, 0.15) is 51.4 Å². The summed E-state index contributed by atoms with van der Waals surface area (Å²) in [6, 6.07) is 0.386. The van der Waals surface area contributed by atoms with Crippen molar-refractivity contribution in [1.82, 2.24) is 9.80 Å². The van der Waals surface area contributed by atoms with Gasteiger partial charge in [-0.1, -0.05) is 12.8 Å². The summed E-state index contributed by atoms with van der Waals surface area (Å²) in [6.45, 7) is 3.50. The summed E-state index contributed by atoms with van der Waals surface area (Å²) in [5, 5.41) is 0. The molecule has 0 radical (unpaired) electrons. The van der Waals surface area contributed by atoms with Crippen LogP contribution in [-0.4, -0.2) is 66.5 Å². The number of ether oxygens (including phenoxy) is 1. The lowest BCUT2D eigenvalue weighted by Gasteiger charge is -2.33. The van der Waals surface area contributed by atoms with E-state index in [1.165, 1.54) is 12.8 Å². The molecule has 25 heavy (non-hydrogen) atoms. The SMILES string of the molecule is Cl.NCCCOC1CCN(C(=O)C2CC(=O)N(C3CCCC3)C2)CC1. The number of rotatable bonds is 6. The average Bonchev–Trinajstić information content (AvgIpc) is 3.24. The van der Waals surface area contributed by atoms with Crippen LogP contribution in [0.25, 0.3) is 0 Å². The van der Waals surface area contributed by atoms with Crippen molar-refractivity contribution in [1.29, 1.82) is 0 Å². The summed E-state index contributed by atoms with van der Waals surface area (Å²) in [5.41, 5.74) is 5.48. The number of carbonyl (C=O) groups excluding carboxylic acids is 2. The van der Waals surface area contributed by atoms with Gasteiger partial charge in [0, 0.05) is 38.7 Å². The van der Waals surface area contributed by atoms with E-state index in [2.05, 4.69) is 0 Å². The van der Waals surface area contributed by atoms with Gasteiger partial charge in [0.05, 0.1) is 12.0 Å². The van der Waals surface area contributed by atoms with E-state index >= 15 is 0 Å². The maximum Gasteiger partial charge on any atom is 0.227 e. The van der Waals surface area contributed by atoms with Crippen molar-refractivity contribution in [3.63, 3.8) is 0 Å². The first kappa shape index (κ1) is 20.5. The zero-order chi connectivity index (χ0) is 16.9. The topological polar surface area (TPSA) is 75.9 Å². The molecule has 0 bridgehead atoms. The molecule has 1 aliphatic carbocycles. The van der Waals surface area contributed by atoms with Crippen molar-refractivity contribution < 1.29 is 14.3 Å². The fourth-order valence-electron chi connectivity index (χ4n) is 4.30. The molecule has 2 heterocycles. The maximum atomic E-state index is 12.8. The van der Waals surface area contributed by atoms with Gasteiger partial charge in [-0.05, 0) is 38.6 Å². The van der Waals surface area contributed by atoms with Gasteiger partial charge in [-0.2, -0.15) is 0 Å². The molecule has 2 aliphatic heterocycles. The molecule has 2 amide bonds.